The fourth-order valence-corrected chi connectivity index (χ4v) is 3.94. The summed E-state index contributed by atoms with van der Waals surface area (Å²) < 4.78 is 3.36. The van der Waals surface area contributed by atoms with Crippen molar-refractivity contribution in [1.29, 1.82) is 0 Å². The summed E-state index contributed by atoms with van der Waals surface area (Å²) in [7, 11) is 3.50. The minimum Gasteiger partial charge on any atom is -0.345 e. The average molecular weight is 356 g/mol. The molecule has 1 aromatic heterocycles. The standard InChI is InChI=1S/C18H14ClN3OS/c1-22(2)18(23)10-5-6-15-12(8-10)13-9-14(19)11-4-3-7-20-16(11)17(13)21-24-15/h3-9,21H,1-2H3. The van der Waals surface area contributed by atoms with Gasteiger partial charge in [-0.25, -0.2) is 0 Å². The van der Waals surface area contributed by atoms with Gasteiger partial charge in [-0.3, -0.25) is 9.78 Å². The highest BCUT2D eigenvalue weighted by molar-refractivity contribution is 8.00. The van der Waals surface area contributed by atoms with Gasteiger partial charge in [0.1, 0.15) is 0 Å². The van der Waals surface area contributed by atoms with Crippen LogP contribution >= 0.6 is 23.5 Å². The summed E-state index contributed by atoms with van der Waals surface area (Å²) in [5.41, 5.74) is 4.39. The zero-order chi connectivity index (χ0) is 16.8. The molecular formula is C18H14ClN3OS. The van der Waals surface area contributed by atoms with Crippen molar-refractivity contribution in [2.24, 2.45) is 0 Å². The number of carbonyl (C=O) groups is 1. The number of pyridine rings is 1. The van der Waals surface area contributed by atoms with E-state index in [0.29, 0.717) is 10.6 Å². The van der Waals surface area contributed by atoms with Gasteiger partial charge in [0.05, 0.1) is 16.2 Å². The van der Waals surface area contributed by atoms with Crippen LogP contribution in [0.25, 0.3) is 22.0 Å². The molecule has 0 atom stereocenters. The molecule has 1 aliphatic heterocycles. The minimum absolute atomic E-state index is 0.0205. The van der Waals surface area contributed by atoms with E-state index in [-0.39, 0.29) is 5.91 Å². The molecule has 0 unspecified atom stereocenters. The Morgan fingerprint density at radius 1 is 1.21 bits per heavy atom. The maximum atomic E-state index is 12.3. The molecule has 6 heteroatoms. The number of carbonyl (C=O) groups excluding carboxylic acids is 1. The predicted molar refractivity (Wildman–Crippen MR) is 99.7 cm³/mol. The number of hydrogen-bond acceptors (Lipinski definition) is 4. The summed E-state index contributed by atoms with van der Waals surface area (Å²) in [6, 6.07) is 11.5. The van der Waals surface area contributed by atoms with E-state index in [1.165, 1.54) is 11.9 Å². The Bertz CT molecular complexity index is 987. The highest BCUT2D eigenvalue weighted by Crippen LogP contribution is 2.47. The van der Waals surface area contributed by atoms with E-state index in [9.17, 15) is 4.79 Å². The van der Waals surface area contributed by atoms with Crippen LogP contribution in [0.4, 0.5) is 5.69 Å². The molecule has 0 saturated heterocycles. The fraction of sp³-hybridized carbons (Fsp3) is 0.111. The second-order valence-corrected chi connectivity index (χ2v) is 7.05. The highest BCUT2D eigenvalue weighted by atomic mass is 35.5. The Morgan fingerprint density at radius 3 is 2.83 bits per heavy atom. The molecule has 0 bridgehead atoms. The van der Waals surface area contributed by atoms with Crippen LogP contribution in [0.15, 0.2) is 47.5 Å². The average Bonchev–Trinajstić information content (AvgIpc) is 2.60. The SMILES string of the molecule is CN(C)C(=O)c1ccc2c(c1)-c1cc(Cl)c3cccnc3c1NS2. The Labute approximate surface area is 149 Å². The van der Waals surface area contributed by atoms with Crippen LogP contribution in [0.5, 0.6) is 0 Å². The summed E-state index contributed by atoms with van der Waals surface area (Å²) in [5.74, 6) is -0.0205. The number of anilines is 1. The molecule has 0 fully saturated rings. The van der Waals surface area contributed by atoms with Crippen LogP contribution < -0.4 is 4.72 Å². The number of rotatable bonds is 1. The van der Waals surface area contributed by atoms with Gasteiger partial charge in [-0.15, -0.1) is 0 Å². The van der Waals surface area contributed by atoms with Gasteiger partial charge >= 0.3 is 0 Å². The molecule has 0 radical (unpaired) electrons. The number of aromatic nitrogens is 1. The molecule has 3 aromatic rings. The molecule has 2 aromatic carbocycles. The Kier molecular flexibility index (Phi) is 3.62. The minimum atomic E-state index is -0.0205. The van der Waals surface area contributed by atoms with Crippen molar-refractivity contribution in [2.75, 3.05) is 18.8 Å². The molecule has 1 aliphatic rings. The van der Waals surface area contributed by atoms with Crippen molar-refractivity contribution in [1.82, 2.24) is 9.88 Å². The lowest BCUT2D eigenvalue weighted by atomic mass is 9.98. The highest BCUT2D eigenvalue weighted by Gasteiger charge is 2.22. The van der Waals surface area contributed by atoms with E-state index in [1.54, 1.807) is 25.2 Å². The first kappa shape index (κ1) is 15.3. The van der Waals surface area contributed by atoms with Crippen LogP contribution in [0.1, 0.15) is 10.4 Å². The van der Waals surface area contributed by atoms with Crippen LogP contribution in [-0.4, -0.2) is 29.9 Å². The number of fused-ring (bicyclic) bond motifs is 5. The van der Waals surface area contributed by atoms with Gasteiger partial charge in [0.2, 0.25) is 0 Å². The van der Waals surface area contributed by atoms with E-state index in [0.717, 1.165) is 32.6 Å². The molecule has 1 amide bonds. The van der Waals surface area contributed by atoms with Crippen molar-refractivity contribution in [2.45, 2.75) is 4.90 Å². The molecule has 4 nitrogen and oxygen atoms in total. The summed E-state index contributed by atoms with van der Waals surface area (Å²) >= 11 is 7.99. The normalized spacial score (nSPS) is 12.3. The van der Waals surface area contributed by atoms with E-state index in [4.69, 9.17) is 11.6 Å². The van der Waals surface area contributed by atoms with Gasteiger partial charge in [0, 0.05) is 47.3 Å². The van der Waals surface area contributed by atoms with Gasteiger partial charge in [-0.2, -0.15) is 0 Å². The Morgan fingerprint density at radius 2 is 2.04 bits per heavy atom. The second kappa shape index (κ2) is 5.69. The van der Waals surface area contributed by atoms with E-state index in [1.807, 2.05) is 36.4 Å². The lowest BCUT2D eigenvalue weighted by Crippen LogP contribution is -2.21. The molecule has 2 heterocycles. The van der Waals surface area contributed by atoms with Gasteiger partial charge in [-0.1, -0.05) is 11.6 Å². The zero-order valence-electron chi connectivity index (χ0n) is 13.1. The third-order valence-electron chi connectivity index (χ3n) is 4.03. The van der Waals surface area contributed by atoms with Crippen LogP contribution in [0.3, 0.4) is 0 Å². The van der Waals surface area contributed by atoms with Crippen molar-refractivity contribution in [3.63, 3.8) is 0 Å². The van der Waals surface area contributed by atoms with Crippen LogP contribution in [0.2, 0.25) is 5.02 Å². The third-order valence-corrected chi connectivity index (χ3v) is 5.22. The molecule has 0 aliphatic carbocycles. The summed E-state index contributed by atoms with van der Waals surface area (Å²) in [6.07, 6.45) is 1.76. The van der Waals surface area contributed by atoms with Gasteiger partial charge in [0.25, 0.3) is 5.91 Å². The van der Waals surface area contributed by atoms with Crippen molar-refractivity contribution in [3.8, 4) is 11.1 Å². The molecule has 24 heavy (non-hydrogen) atoms. The summed E-state index contributed by atoms with van der Waals surface area (Å²) in [5, 5.41) is 1.57. The summed E-state index contributed by atoms with van der Waals surface area (Å²) in [6.45, 7) is 0. The van der Waals surface area contributed by atoms with Gasteiger partial charge in [-0.05, 0) is 48.3 Å². The summed E-state index contributed by atoms with van der Waals surface area (Å²) in [4.78, 5) is 19.4. The van der Waals surface area contributed by atoms with Crippen LogP contribution in [-0.2, 0) is 0 Å². The second-order valence-electron chi connectivity index (χ2n) is 5.80. The first-order valence-corrected chi connectivity index (χ1v) is 8.62. The molecule has 1 N–H and O–H groups in total. The van der Waals surface area contributed by atoms with Crippen LogP contribution in [0, 0.1) is 0 Å². The molecule has 0 saturated carbocycles. The molecule has 0 spiro atoms. The maximum Gasteiger partial charge on any atom is 0.253 e. The van der Waals surface area contributed by atoms with E-state index >= 15 is 0 Å². The Balaban J connectivity index is 1.97. The van der Waals surface area contributed by atoms with Gasteiger partial charge in [0.15, 0.2) is 0 Å². The lowest BCUT2D eigenvalue weighted by Gasteiger charge is -2.23. The van der Waals surface area contributed by atoms with Crippen molar-refractivity contribution in [3.05, 3.63) is 53.2 Å². The smallest absolute Gasteiger partial charge is 0.253 e. The quantitative estimate of drug-likeness (QED) is 0.643. The molecule has 4 rings (SSSR count). The lowest BCUT2D eigenvalue weighted by molar-refractivity contribution is 0.0827. The molecule has 120 valence electrons. The third kappa shape index (κ3) is 2.32. The number of amides is 1. The number of benzene rings is 2. The zero-order valence-corrected chi connectivity index (χ0v) is 14.7. The monoisotopic (exact) mass is 355 g/mol. The van der Waals surface area contributed by atoms with Gasteiger partial charge < -0.3 is 9.62 Å². The predicted octanol–water partition coefficient (Wildman–Crippen LogP) is 4.69. The largest absolute Gasteiger partial charge is 0.345 e. The van der Waals surface area contributed by atoms with Crippen molar-refractivity contribution < 1.29 is 4.79 Å². The number of nitrogens with zero attached hydrogens (tertiary/aromatic N) is 2. The Hall–Kier alpha value is -2.24. The van der Waals surface area contributed by atoms with E-state index < -0.39 is 0 Å². The number of hydrogen-bond donors (Lipinski definition) is 1. The number of halogens is 1. The first-order valence-electron chi connectivity index (χ1n) is 7.42. The fourth-order valence-electron chi connectivity index (χ4n) is 2.84. The first-order chi connectivity index (χ1) is 11.6. The maximum absolute atomic E-state index is 12.3. The topological polar surface area (TPSA) is 45.2 Å². The number of nitrogens with one attached hydrogen (secondary N) is 1. The van der Waals surface area contributed by atoms with E-state index in [2.05, 4.69) is 9.71 Å². The molecular weight excluding hydrogens is 342 g/mol. The van der Waals surface area contributed by atoms with Crippen molar-refractivity contribution >= 4 is 46.0 Å².